The second-order valence-electron chi connectivity index (χ2n) is 5.49. The van der Waals surface area contributed by atoms with Gasteiger partial charge in [-0.05, 0) is 37.1 Å². The maximum absolute atomic E-state index is 12.3. The van der Waals surface area contributed by atoms with Crippen LogP contribution in [0.5, 0.6) is 0 Å². The molecule has 1 aliphatic rings. The Morgan fingerprint density at radius 1 is 1.32 bits per heavy atom. The average molecular weight is 368 g/mol. The van der Waals surface area contributed by atoms with E-state index in [1.807, 2.05) is 0 Å². The minimum atomic E-state index is -3.60. The van der Waals surface area contributed by atoms with E-state index in [0.717, 1.165) is 41.3 Å². The van der Waals surface area contributed by atoms with Crippen LogP contribution >= 0.6 is 23.7 Å². The molecule has 1 aromatic rings. The normalized spacial score (nSPS) is 22.2. The molecule has 0 spiro atoms. The zero-order chi connectivity index (χ0) is 15.6. The van der Waals surface area contributed by atoms with Gasteiger partial charge in [0.15, 0.2) is 0 Å². The Morgan fingerprint density at radius 3 is 2.45 bits per heavy atom. The van der Waals surface area contributed by atoms with Crippen LogP contribution in [0, 0.1) is 0 Å². The van der Waals surface area contributed by atoms with Gasteiger partial charge < -0.3 is 11.1 Å². The van der Waals surface area contributed by atoms with Gasteiger partial charge in [0.2, 0.25) is 10.0 Å². The molecule has 1 aliphatic carbocycles. The van der Waals surface area contributed by atoms with Crippen molar-refractivity contribution in [1.82, 2.24) is 9.62 Å². The highest BCUT2D eigenvalue weighted by Crippen LogP contribution is 2.25. The third kappa shape index (κ3) is 4.20. The molecule has 1 amide bonds. The Morgan fingerprint density at radius 2 is 1.91 bits per heavy atom. The Bertz CT molecular complexity index is 608. The lowest BCUT2D eigenvalue weighted by Gasteiger charge is -2.26. The van der Waals surface area contributed by atoms with E-state index in [2.05, 4.69) is 5.32 Å². The van der Waals surface area contributed by atoms with Gasteiger partial charge in [-0.1, -0.05) is 0 Å². The minimum Gasteiger partial charge on any atom is -0.349 e. The lowest BCUT2D eigenvalue weighted by atomic mass is 9.92. The molecule has 1 aromatic heterocycles. The molecule has 2 rings (SSSR count). The molecule has 9 heteroatoms. The Balaban J connectivity index is 0.00000242. The second kappa shape index (κ2) is 7.74. The van der Waals surface area contributed by atoms with Crippen LogP contribution in [0.2, 0.25) is 0 Å². The van der Waals surface area contributed by atoms with Crippen LogP contribution < -0.4 is 11.1 Å². The highest BCUT2D eigenvalue weighted by molar-refractivity contribution is 7.89. The van der Waals surface area contributed by atoms with E-state index < -0.39 is 10.0 Å². The monoisotopic (exact) mass is 367 g/mol. The van der Waals surface area contributed by atoms with E-state index in [1.165, 1.54) is 20.2 Å². The lowest BCUT2D eigenvalue weighted by Crippen LogP contribution is -2.40. The number of hydrogen-bond donors (Lipinski definition) is 2. The number of rotatable bonds is 4. The number of amides is 1. The summed E-state index contributed by atoms with van der Waals surface area (Å²) in [6.07, 6.45) is 3.46. The summed E-state index contributed by atoms with van der Waals surface area (Å²) in [6, 6.07) is 1.77. The van der Waals surface area contributed by atoms with Crippen molar-refractivity contribution < 1.29 is 13.2 Å². The van der Waals surface area contributed by atoms with Crippen LogP contribution in [-0.4, -0.2) is 44.8 Å². The summed E-state index contributed by atoms with van der Waals surface area (Å²) < 4.78 is 25.5. The van der Waals surface area contributed by atoms with Crippen molar-refractivity contribution in [3.63, 3.8) is 0 Å². The van der Waals surface area contributed by atoms with Gasteiger partial charge in [-0.3, -0.25) is 4.79 Å². The zero-order valence-electron chi connectivity index (χ0n) is 12.6. The van der Waals surface area contributed by atoms with Crippen LogP contribution in [0.3, 0.4) is 0 Å². The van der Waals surface area contributed by atoms with Gasteiger partial charge in [-0.15, -0.1) is 23.7 Å². The predicted octanol–water partition coefficient (Wildman–Crippen LogP) is 1.42. The maximum Gasteiger partial charge on any atom is 0.262 e. The molecule has 0 saturated heterocycles. The smallest absolute Gasteiger partial charge is 0.262 e. The molecule has 1 fully saturated rings. The fraction of sp³-hybridized carbons (Fsp3) is 0.615. The van der Waals surface area contributed by atoms with Gasteiger partial charge >= 0.3 is 0 Å². The first-order valence-corrected chi connectivity index (χ1v) is 9.21. The number of nitrogens with zero attached hydrogens (tertiary/aromatic N) is 1. The van der Waals surface area contributed by atoms with Gasteiger partial charge in [0, 0.05) is 26.2 Å². The van der Waals surface area contributed by atoms with Gasteiger partial charge in [-0.25, -0.2) is 12.7 Å². The van der Waals surface area contributed by atoms with E-state index in [-0.39, 0.29) is 40.2 Å². The fourth-order valence-corrected chi connectivity index (χ4v) is 4.57. The van der Waals surface area contributed by atoms with Crippen LogP contribution in [-0.2, 0) is 10.0 Å². The second-order valence-corrected chi connectivity index (χ2v) is 8.52. The topological polar surface area (TPSA) is 92.5 Å². The van der Waals surface area contributed by atoms with Crippen molar-refractivity contribution in [2.75, 3.05) is 14.1 Å². The van der Waals surface area contributed by atoms with Crippen LogP contribution in [0.1, 0.15) is 35.4 Å². The summed E-state index contributed by atoms with van der Waals surface area (Å²) in [5.74, 6) is -0.314. The summed E-state index contributed by atoms with van der Waals surface area (Å²) in [5.41, 5.74) is 5.84. The van der Waals surface area contributed by atoms with Crippen LogP contribution in [0.25, 0.3) is 0 Å². The highest BCUT2D eigenvalue weighted by atomic mass is 35.5. The molecular formula is C13H22ClN3O3S2. The van der Waals surface area contributed by atoms with E-state index >= 15 is 0 Å². The number of carbonyl (C=O) groups excluding carboxylic acids is 1. The number of hydrogen-bond acceptors (Lipinski definition) is 5. The van der Waals surface area contributed by atoms with Crippen molar-refractivity contribution >= 4 is 39.7 Å². The summed E-state index contributed by atoms with van der Waals surface area (Å²) in [7, 11) is -0.685. The Labute approximate surface area is 141 Å². The minimum absolute atomic E-state index is 0. The molecule has 0 bridgehead atoms. The third-order valence-corrected chi connectivity index (χ3v) is 6.60. The number of nitrogens with two attached hydrogens (primary N) is 1. The molecule has 0 aliphatic heterocycles. The van der Waals surface area contributed by atoms with Gasteiger partial charge in [0.05, 0.1) is 0 Å². The van der Waals surface area contributed by atoms with Crippen molar-refractivity contribution in [1.29, 1.82) is 0 Å². The standard InChI is InChI=1S/C13H21N3O3S2.ClH/c1-16(2)21(18,19)11-7-8-20-12(11)13(17)15-10-5-3-9(14)4-6-10;/h7-10H,3-6,14H2,1-2H3,(H,15,17);1H. The molecular weight excluding hydrogens is 346 g/mol. The number of halogens is 1. The third-order valence-electron chi connectivity index (χ3n) is 3.70. The Kier molecular flexibility index (Phi) is 6.82. The number of carbonyl (C=O) groups is 1. The van der Waals surface area contributed by atoms with E-state index in [9.17, 15) is 13.2 Å². The molecule has 0 unspecified atom stereocenters. The zero-order valence-corrected chi connectivity index (χ0v) is 15.1. The van der Waals surface area contributed by atoms with E-state index in [1.54, 1.807) is 5.38 Å². The van der Waals surface area contributed by atoms with Crippen LogP contribution in [0.4, 0.5) is 0 Å². The van der Waals surface area contributed by atoms with Gasteiger partial charge in [-0.2, -0.15) is 0 Å². The molecule has 22 heavy (non-hydrogen) atoms. The molecule has 0 radical (unpaired) electrons. The Hall–Kier alpha value is -0.670. The fourth-order valence-electron chi connectivity index (χ4n) is 2.38. The summed E-state index contributed by atoms with van der Waals surface area (Å²) in [5, 5.41) is 4.55. The quantitative estimate of drug-likeness (QED) is 0.841. The van der Waals surface area contributed by atoms with Crippen molar-refractivity contribution in [3.05, 3.63) is 16.3 Å². The number of nitrogens with one attached hydrogen (secondary N) is 1. The average Bonchev–Trinajstić information content (AvgIpc) is 2.91. The number of sulfonamides is 1. The predicted molar refractivity (Wildman–Crippen MR) is 90.1 cm³/mol. The highest BCUT2D eigenvalue weighted by Gasteiger charge is 2.28. The van der Waals surface area contributed by atoms with Gasteiger partial charge in [0.1, 0.15) is 9.77 Å². The van der Waals surface area contributed by atoms with Crippen molar-refractivity contribution in [2.24, 2.45) is 5.73 Å². The number of thiophene rings is 1. The first-order chi connectivity index (χ1) is 9.82. The van der Waals surface area contributed by atoms with Crippen molar-refractivity contribution in [3.8, 4) is 0 Å². The summed E-state index contributed by atoms with van der Waals surface area (Å²) in [6.45, 7) is 0. The first-order valence-electron chi connectivity index (χ1n) is 6.89. The van der Waals surface area contributed by atoms with E-state index in [4.69, 9.17) is 5.73 Å². The molecule has 0 atom stereocenters. The van der Waals surface area contributed by atoms with Gasteiger partial charge in [0.25, 0.3) is 5.91 Å². The van der Waals surface area contributed by atoms with Crippen molar-refractivity contribution in [2.45, 2.75) is 42.7 Å². The first kappa shape index (κ1) is 19.4. The molecule has 6 nitrogen and oxygen atoms in total. The molecule has 0 aromatic carbocycles. The van der Waals surface area contributed by atoms with E-state index in [0.29, 0.717) is 0 Å². The molecule has 1 heterocycles. The lowest BCUT2D eigenvalue weighted by molar-refractivity contribution is 0.0927. The van der Waals surface area contributed by atoms with Crippen LogP contribution in [0.15, 0.2) is 16.3 Å². The molecule has 3 N–H and O–H groups in total. The SMILES string of the molecule is CN(C)S(=O)(=O)c1ccsc1C(=O)NC1CCC(N)CC1.Cl. The molecule has 126 valence electrons. The molecule has 1 saturated carbocycles. The largest absolute Gasteiger partial charge is 0.349 e. The summed E-state index contributed by atoms with van der Waals surface area (Å²) in [4.78, 5) is 12.7. The maximum atomic E-state index is 12.3. The summed E-state index contributed by atoms with van der Waals surface area (Å²) >= 11 is 1.15.